The zero-order chi connectivity index (χ0) is 9.90. The first-order valence-corrected chi connectivity index (χ1v) is 5.66. The van der Waals surface area contributed by atoms with Gasteiger partial charge in [0, 0.05) is 10.9 Å². The van der Waals surface area contributed by atoms with Gasteiger partial charge in [0.25, 0.3) is 0 Å². The molecule has 1 atom stereocenters. The van der Waals surface area contributed by atoms with Gasteiger partial charge in [0.15, 0.2) is 0 Å². The molecular formula is C11H19NS. The molecule has 2 N–H and O–H groups in total. The molecule has 0 fully saturated rings. The minimum atomic E-state index is 0.233. The van der Waals surface area contributed by atoms with Crippen LogP contribution in [0.5, 0.6) is 0 Å². The fourth-order valence-corrected chi connectivity index (χ4v) is 1.91. The predicted molar refractivity (Wildman–Crippen MR) is 60.1 cm³/mol. The van der Waals surface area contributed by atoms with Crippen LogP contribution in [0.3, 0.4) is 0 Å². The Bertz CT molecular complexity index is 233. The highest BCUT2D eigenvalue weighted by Gasteiger charge is 2.19. The van der Waals surface area contributed by atoms with E-state index in [9.17, 15) is 0 Å². The summed E-state index contributed by atoms with van der Waals surface area (Å²) in [4.78, 5) is 1.44. The summed E-state index contributed by atoms with van der Waals surface area (Å²) >= 11 is 1.82. The highest BCUT2D eigenvalue weighted by atomic mass is 32.1. The summed E-state index contributed by atoms with van der Waals surface area (Å²) in [6.07, 6.45) is 2.21. The lowest BCUT2D eigenvalue weighted by molar-refractivity contribution is 0.306. The van der Waals surface area contributed by atoms with Crippen LogP contribution in [0.25, 0.3) is 0 Å². The Kier molecular flexibility index (Phi) is 3.51. The number of nitrogens with two attached hydrogens (primary N) is 1. The molecular weight excluding hydrogens is 178 g/mol. The van der Waals surface area contributed by atoms with Gasteiger partial charge in [-0.25, -0.2) is 0 Å². The molecule has 0 aliphatic rings. The standard InChI is InChI=1S/C11H19NS/c1-11(2,3)10(12)7-6-9-5-4-8-13-9/h4-5,8,10H,6-7,12H2,1-3H3. The van der Waals surface area contributed by atoms with Gasteiger partial charge in [-0.15, -0.1) is 11.3 Å². The second kappa shape index (κ2) is 4.25. The number of rotatable bonds is 3. The smallest absolute Gasteiger partial charge is 0.00910 e. The summed E-state index contributed by atoms with van der Waals surface area (Å²) in [6, 6.07) is 4.58. The monoisotopic (exact) mass is 197 g/mol. The molecule has 1 unspecified atom stereocenters. The molecule has 2 heteroatoms. The molecule has 0 aliphatic heterocycles. The van der Waals surface area contributed by atoms with Gasteiger partial charge in [-0.05, 0) is 29.7 Å². The van der Waals surface area contributed by atoms with Crippen molar-refractivity contribution in [2.24, 2.45) is 11.1 Å². The molecule has 0 saturated heterocycles. The topological polar surface area (TPSA) is 26.0 Å². The first kappa shape index (κ1) is 10.7. The van der Waals surface area contributed by atoms with Crippen LogP contribution in [0.15, 0.2) is 17.5 Å². The Morgan fingerprint density at radius 3 is 2.62 bits per heavy atom. The molecule has 0 aliphatic carbocycles. The second-order valence-electron chi connectivity index (χ2n) is 4.59. The van der Waals surface area contributed by atoms with E-state index in [0.29, 0.717) is 6.04 Å². The molecule has 0 amide bonds. The van der Waals surface area contributed by atoms with Crippen LogP contribution in [0.4, 0.5) is 0 Å². The molecule has 0 radical (unpaired) electrons. The largest absolute Gasteiger partial charge is 0.327 e. The summed E-state index contributed by atoms with van der Waals surface area (Å²) < 4.78 is 0. The van der Waals surface area contributed by atoms with Crippen LogP contribution >= 0.6 is 11.3 Å². The van der Waals surface area contributed by atoms with Crippen molar-refractivity contribution in [3.8, 4) is 0 Å². The number of aryl methyl sites for hydroxylation is 1. The first-order valence-electron chi connectivity index (χ1n) is 4.78. The van der Waals surface area contributed by atoms with E-state index in [4.69, 9.17) is 5.73 Å². The van der Waals surface area contributed by atoms with Gasteiger partial charge in [0.1, 0.15) is 0 Å². The van der Waals surface area contributed by atoms with Gasteiger partial charge < -0.3 is 5.73 Å². The van der Waals surface area contributed by atoms with Crippen LogP contribution in [0, 0.1) is 5.41 Å². The Morgan fingerprint density at radius 1 is 1.46 bits per heavy atom. The van der Waals surface area contributed by atoms with Crippen molar-refractivity contribution >= 4 is 11.3 Å². The SMILES string of the molecule is CC(C)(C)C(N)CCc1cccs1. The van der Waals surface area contributed by atoms with E-state index in [1.54, 1.807) is 0 Å². The number of hydrogen-bond acceptors (Lipinski definition) is 2. The van der Waals surface area contributed by atoms with Crippen molar-refractivity contribution in [2.75, 3.05) is 0 Å². The molecule has 1 heterocycles. The number of hydrogen-bond donors (Lipinski definition) is 1. The summed E-state index contributed by atoms with van der Waals surface area (Å²) in [5, 5.41) is 2.12. The number of thiophene rings is 1. The van der Waals surface area contributed by atoms with E-state index in [1.807, 2.05) is 11.3 Å². The van der Waals surface area contributed by atoms with E-state index in [1.165, 1.54) is 4.88 Å². The molecule has 1 aromatic rings. The Labute approximate surface area is 85.0 Å². The summed E-state index contributed by atoms with van der Waals surface area (Å²) in [5.41, 5.74) is 6.31. The van der Waals surface area contributed by atoms with Crippen LogP contribution in [-0.2, 0) is 6.42 Å². The molecule has 0 bridgehead atoms. The van der Waals surface area contributed by atoms with Crippen LogP contribution < -0.4 is 5.73 Å². The molecule has 0 spiro atoms. The fourth-order valence-electron chi connectivity index (χ4n) is 1.19. The molecule has 0 saturated carbocycles. The Balaban J connectivity index is 2.35. The molecule has 0 aromatic carbocycles. The fraction of sp³-hybridized carbons (Fsp3) is 0.636. The van der Waals surface area contributed by atoms with Crippen molar-refractivity contribution in [2.45, 2.75) is 39.7 Å². The summed E-state index contributed by atoms with van der Waals surface area (Å²) in [6.45, 7) is 6.60. The van der Waals surface area contributed by atoms with Crippen molar-refractivity contribution in [3.63, 3.8) is 0 Å². The zero-order valence-corrected chi connectivity index (χ0v) is 9.53. The highest BCUT2D eigenvalue weighted by molar-refractivity contribution is 7.09. The molecule has 1 aromatic heterocycles. The van der Waals surface area contributed by atoms with Crippen molar-refractivity contribution < 1.29 is 0 Å². The molecule has 1 nitrogen and oxygen atoms in total. The lowest BCUT2D eigenvalue weighted by Crippen LogP contribution is -2.35. The van der Waals surface area contributed by atoms with Crippen LogP contribution in [-0.4, -0.2) is 6.04 Å². The van der Waals surface area contributed by atoms with Gasteiger partial charge in [-0.2, -0.15) is 0 Å². The lowest BCUT2D eigenvalue weighted by atomic mass is 9.85. The van der Waals surface area contributed by atoms with E-state index in [2.05, 4.69) is 38.3 Å². The Morgan fingerprint density at radius 2 is 2.15 bits per heavy atom. The summed E-state index contributed by atoms with van der Waals surface area (Å²) in [7, 11) is 0. The zero-order valence-electron chi connectivity index (χ0n) is 8.71. The van der Waals surface area contributed by atoms with Gasteiger partial charge in [0.2, 0.25) is 0 Å². The van der Waals surface area contributed by atoms with Crippen LogP contribution in [0.2, 0.25) is 0 Å². The Hall–Kier alpha value is -0.340. The molecule has 74 valence electrons. The third kappa shape index (κ3) is 3.49. The van der Waals surface area contributed by atoms with Gasteiger partial charge in [-0.3, -0.25) is 0 Å². The third-order valence-electron chi connectivity index (χ3n) is 2.39. The second-order valence-corrected chi connectivity index (χ2v) is 5.62. The van der Waals surface area contributed by atoms with Crippen molar-refractivity contribution in [3.05, 3.63) is 22.4 Å². The third-order valence-corrected chi connectivity index (χ3v) is 3.33. The minimum absolute atomic E-state index is 0.233. The highest BCUT2D eigenvalue weighted by Crippen LogP contribution is 2.22. The quantitative estimate of drug-likeness (QED) is 0.792. The maximum absolute atomic E-state index is 6.07. The van der Waals surface area contributed by atoms with Gasteiger partial charge in [-0.1, -0.05) is 26.8 Å². The lowest BCUT2D eigenvalue weighted by Gasteiger charge is -2.26. The van der Waals surface area contributed by atoms with E-state index >= 15 is 0 Å². The van der Waals surface area contributed by atoms with Gasteiger partial charge in [0.05, 0.1) is 0 Å². The maximum Gasteiger partial charge on any atom is 0.00910 e. The van der Waals surface area contributed by atoms with Gasteiger partial charge >= 0.3 is 0 Å². The maximum atomic E-state index is 6.07. The molecule has 1 rings (SSSR count). The van der Waals surface area contributed by atoms with Crippen molar-refractivity contribution in [1.82, 2.24) is 0 Å². The average molecular weight is 197 g/mol. The summed E-state index contributed by atoms with van der Waals surface area (Å²) in [5.74, 6) is 0. The molecule has 13 heavy (non-hydrogen) atoms. The predicted octanol–water partition coefficient (Wildman–Crippen LogP) is 3.05. The van der Waals surface area contributed by atoms with E-state index < -0.39 is 0 Å². The van der Waals surface area contributed by atoms with Crippen LogP contribution in [0.1, 0.15) is 32.1 Å². The first-order chi connectivity index (χ1) is 6.00. The average Bonchev–Trinajstić information content (AvgIpc) is 2.50. The van der Waals surface area contributed by atoms with Crippen molar-refractivity contribution in [1.29, 1.82) is 0 Å². The minimum Gasteiger partial charge on any atom is -0.327 e. The van der Waals surface area contributed by atoms with E-state index in [0.717, 1.165) is 12.8 Å². The normalized spacial score (nSPS) is 14.5. The van der Waals surface area contributed by atoms with E-state index in [-0.39, 0.29) is 5.41 Å².